The average Bonchev–Trinajstić information content (AvgIpc) is 2.59. The Bertz CT molecular complexity index is 191. The van der Waals surface area contributed by atoms with E-state index in [1.807, 2.05) is 16.4 Å². The molecule has 0 aliphatic carbocycles. The lowest BCUT2D eigenvalue weighted by Crippen LogP contribution is -2.01. The Morgan fingerprint density at radius 3 is 3.20 bits per heavy atom. The molecule has 1 fully saturated rings. The highest BCUT2D eigenvalue weighted by molar-refractivity contribution is 7.99. The van der Waals surface area contributed by atoms with Gasteiger partial charge in [-0.05, 0) is 18.6 Å². The summed E-state index contributed by atoms with van der Waals surface area (Å²) in [6.07, 6.45) is 5.95. The third kappa shape index (κ3) is 1.03. The number of aromatic nitrogens is 3. The molecule has 10 heavy (non-hydrogen) atoms. The lowest BCUT2D eigenvalue weighted by Gasteiger charge is -2.05. The molecule has 1 aliphatic rings. The van der Waals surface area contributed by atoms with Crippen LogP contribution in [0.5, 0.6) is 0 Å². The van der Waals surface area contributed by atoms with Gasteiger partial charge in [0, 0.05) is 0 Å². The topological polar surface area (TPSA) is 30.7 Å². The SMILES string of the molecule is c1ncn(C2CCCS2)n1. The molecule has 0 radical (unpaired) electrons. The second kappa shape index (κ2) is 2.62. The van der Waals surface area contributed by atoms with Gasteiger partial charge in [-0.15, -0.1) is 11.8 Å². The lowest BCUT2D eigenvalue weighted by molar-refractivity contribution is 0.577. The van der Waals surface area contributed by atoms with E-state index in [0.717, 1.165) is 0 Å². The van der Waals surface area contributed by atoms with Crippen LogP contribution in [0.15, 0.2) is 12.7 Å². The Labute approximate surface area is 63.8 Å². The van der Waals surface area contributed by atoms with Crippen molar-refractivity contribution in [2.75, 3.05) is 5.75 Å². The Hall–Kier alpha value is -0.510. The first-order chi connectivity index (χ1) is 4.97. The van der Waals surface area contributed by atoms with Crippen molar-refractivity contribution in [1.82, 2.24) is 14.8 Å². The molecule has 0 bridgehead atoms. The standard InChI is InChI=1S/C6H9N3S/c1-2-6(10-3-1)9-5-7-4-8-9/h4-6H,1-3H2. The molecule has 1 atom stereocenters. The fourth-order valence-corrected chi connectivity index (χ4v) is 2.34. The summed E-state index contributed by atoms with van der Waals surface area (Å²) in [7, 11) is 0. The quantitative estimate of drug-likeness (QED) is 0.612. The first-order valence-electron chi connectivity index (χ1n) is 3.42. The van der Waals surface area contributed by atoms with Gasteiger partial charge >= 0.3 is 0 Å². The van der Waals surface area contributed by atoms with Crippen LogP contribution in [-0.2, 0) is 0 Å². The smallest absolute Gasteiger partial charge is 0.137 e. The Balaban J connectivity index is 2.12. The van der Waals surface area contributed by atoms with E-state index < -0.39 is 0 Å². The van der Waals surface area contributed by atoms with E-state index in [1.54, 1.807) is 12.7 Å². The summed E-state index contributed by atoms with van der Waals surface area (Å²) in [4.78, 5) is 3.91. The van der Waals surface area contributed by atoms with Gasteiger partial charge in [0.2, 0.25) is 0 Å². The van der Waals surface area contributed by atoms with Crippen LogP contribution in [0.1, 0.15) is 18.2 Å². The first-order valence-corrected chi connectivity index (χ1v) is 4.47. The van der Waals surface area contributed by atoms with E-state index >= 15 is 0 Å². The van der Waals surface area contributed by atoms with Crippen molar-refractivity contribution in [2.24, 2.45) is 0 Å². The Kier molecular flexibility index (Phi) is 1.63. The fourth-order valence-electron chi connectivity index (χ4n) is 1.14. The van der Waals surface area contributed by atoms with Crippen molar-refractivity contribution < 1.29 is 0 Å². The van der Waals surface area contributed by atoms with Gasteiger partial charge in [0.15, 0.2) is 0 Å². The number of hydrogen-bond acceptors (Lipinski definition) is 3. The van der Waals surface area contributed by atoms with E-state index in [-0.39, 0.29) is 0 Å². The van der Waals surface area contributed by atoms with Crippen LogP contribution < -0.4 is 0 Å². The predicted molar refractivity (Wildman–Crippen MR) is 40.8 cm³/mol. The van der Waals surface area contributed by atoms with Crippen molar-refractivity contribution in [2.45, 2.75) is 18.2 Å². The van der Waals surface area contributed by atoms with Gasteiger partial charge in [-0.1, -0.05) is 0 Å². The zero-order valence-electron chi connectivity index (χ0n) is 5.60. The number of rotatable bonds is 1. The maximum atomic E-state index is 4.08. The molecule has 0 saturated carbocycles. The second-order valence-electron chi connectivity index (χ2n) is 2.34. The minimum Gasteiger partial charge on any atom is -0.240 e. The zero-order chi connectivity index (χ0) is 6.81. The zero-order valence-corrected chi connectivity index (χ0v) is 6.42. The van der Waals surface area contributed by atoms with Gasteiger partial charge in [-0.2, -0.15) is 5.10 Å². The van der Waals surface area contributed by atoms with Crippen molar-refractivity contribution in [3.05, 3.63) is 12.7 Å². The maximum absolute atomic E-state index is 4.08. The Morgan fingerprint density at radius 2 is 2.60 bits per heavy atom. The molecule has 1 unspecified atom stereocenters. The molecule has 1 aliphatic heterocycles. The van der Waals surface area contributed by atoms with E-state index in [2.05, 4.69) is 10.1 Å². The maximum Gasteiger partial charge on any atom is 0.137 e. The summed E-state index contributed by atoms with van der Waals surface area (Å²) in [5, 5.41) is 4.64. The summed E-state index contributed by atoms with van der Waals surface area (Å²) in [6.45, 7) is 0. The highest BCUT2D eigenvalue weighted by Crippen LogP contribution is 2.34. The minimum atomic E-state index is 0.558. The first kappa shape index (κ1) is 6.22. The molecule has 1 aromatic rings. The summed E-state index contributed by atoms with van der Waals surface area (Å²) < 4.78 is 1.94. The van der Waals surface area contributed by atoms with Crippen LogP contribution >= 0.6 is 11.8 Å². The Morgan fingerprint density at radius 1 is 1.60 bits per heavy atom. The van der Waals surface area contributed by atoms with Crippen LogP contribution in [-0.4, -0.2) is 20.5 Å². The van der Waals surface area contributed by atoms with Crippen LogP contribution in [0.4, 0.5) is 0 Å². The van der Waals surface area contributed by atoms with Gasteiger partial charge in [0.1, 0.15) is 12.7 Å². The van der Waals surface area contributed by atoms with E-state index in [9.17, 15) is 0 Å². The van der Waals surface area contributed by atoms with Gasteiger partial charge in [-0.25, -0.2) is 9.67 Å². The molecule has 3 nitrogen and oxygen atoms in total. The average molecular weight is 155 g/mol. The van der Waals surface area contributed by atoms with Gasteiger partial charge < -0.3 is 0 Å². The minimum absolute atomic E-state index is 0.558. The number of nitrogens with zero attached hydrogens (tertiary/aromatic N) is 3. The van der Waals surface area contributed by atoms with Gasteiger partial charge in [-0.3, -0.25) is 0 Å². The van der Waals surface area contributed by atoms with E-state index in [0.29, 0.717) is 5.37 Å². The molecular weight excluding hydrogens is 146 g/mol. The van der Waals surface area contributed by atoms with Crippen LogP contribution in [0.25, 0.3) is 0 Å². The molecule has 1 aromatic heterocycles. The summed E-state index contributed by atoms with van der Waals surface area (Å²) in [5.41, 5.74) is 0. The predicted octanol–water partition coefficient (Wildman–Crippen LogP) is 1.30. The summed E-state index contributed by atoms with van der Waals surface area (Å²) >= 11 is 1.96. The van der Waals surface area contributed by atoms with Crippen LogP contribution in [0, 0.1) is 0 Å². The van der Waals surface area contributed by atoms with E-state index in [1.165, 1.54) is 18.6 Å². The second-order valence-corrected chi connectivity index (χ2v) is 3.63. The molecule has 0 spiro atoms. The number of hydrogen-bond donors (Lipinski definition) is 0. The largest absolute Gasteiger partial charge is 0.240 e. The molecule has 1 saturated heterocycles. The van der Waals surface area contributed by atoms with Gasteiger partial charge in [0.25, 0.3) is 0 Å². The van der Waals surface area contributed by atoms with Gasteiger partial charge in [0.05, 0.1) is 5.37 Å². The van der Waals surface area contributed by atoms with Crippen molar-refractivity contribution in [3.63, 3.8) is 0 Å². The molecule has 2 rings (SSSR count). The van der Waals surface area contributed by atoms with Crippen LogP contribution in [0.3, 0.4) is 0 Å². The lowest BCUT2D eigenvalue weighted by atomic mass is 10.3. The molecule has 0 N–H and O–H groups in total. The molecule has 2 heterocycles. The van der Waals surface area contributed by atoms with Crippen LogP contribution in [0.2, 0.25) is 0 Å². The highest BCUT2D eigenvalue weighted by atomic mass is 32.2. The highest BCUT2D eigenvalue weighted by Gasteiger charge is 2.16. The molecule has 4 heteroatoms. The fraction of sp³-hybridized carbons (Fsp3) is 0.667. The molecule has 54 valence electrons. The number of thioether (sulfide) groups is 1. The van der Waals surface area contributed by atoms with Crippen molar-refractivity contribution >= 4 is 11.8 Å². The molecule has 0 amide bonds. The monoisotopic (exact) mass is 155 g/mol. The normalized spacial score (nSPS) is 25.4. The van der Waals surface area contributed by atoms with E-state index in [4.69, 9.17) is 0 Å². The summed E-state index contributed by atoms with van der Waals surface area (Å²) in [6, 6.07) is 0. The third-order valence-corrected chi connectivity index (χ3v) is 3.00. The molecular formula is C6H9N3S. The summed E-state index contributed by atoms with van der Waals surface area (Å²) in [5.74, 6) is 1.27. The van der Waals surface area contributed by atoms with Crippen molar-refractivity contribution in [3.8, 4) is 0 Å². The third-order valence-electron chi connectivity index (χ3n) is 1.64. The van der Waals surface area contributed by atoms with Crippen molar-refractivity contribution in [1.29, 1.82) is 0 Å². The molecule has 0 aromatic carbocycles.